The molecule has 0 spiro atoms. The van der Waals surface area contributed by atoms with Crippen LogP contribution < -0.4 is 4.72 Å². The summed E-state index contributed by atoms with van der Waals surface area (Å²) in [7, 11) is -3.57. The highest BCUT2D eigenvalue weighted by Crippen LogP contribution is 2.16. The number of sulfonamides is 1. The number of rotatable bonds is 5. The summed E-state index contributed by atoms with van der Waals surface area (Å²) in [5, 5.41) is 7.78. The number of hydrogen-bond acceptors (Lipinski definition) is 3. The summed E-state index contributed by atoms with van der Waals surface area (Å²) in [4.78, 5) is 0. The van der Waals surface area contributed by atoms with E-state index in [2.05, 4.69) is 20.7 Å². The first-order valence-corrected chi connectivity index (χ1v) is 7.87. The van der Waals surface area contributed by atoms with Crippen LogP contribution in [0.25, 0.3) is 0 Å². The first-order chi connectivity index (χ1) is 8.40. The van der Waals surface area contributed by atoms with Crippen LogP contribution in [0.1, 0.15) is 24.5 Å². The minimum atomic E-state index is -3.57. The van der Waals surface area contributed by atoms with Gasteiger partial charge in [0.15, 0.2) is 5.25 Å². The second-order valence-corrected chi connectivity index (χ2v) is 6.83. The molecule has 1 aromatic rings. The molecule has 1 atom stereocenters. The molecule has 98 valence electrons. The number of aryl methyl sites for hydroxylation is 1. The van der Waals surface area contributed by atoms with Gasteiger partial charge in [-0.05, 0) is 36.6 Å². The highest BCUT2D eigenvalue weighted by Gasteiger charge is 2.22. The zero-order chi connectivity index (χ0) is 13.8. The van der Waals surface area contributed by atoms with Gasteiger partial charge in [-0.25, -0.2) is 13.1 Å². The molecule has 6 heteroatoms. The van der Waals surface area contributed by atoms with Crippen molar-refractivity contribution < 1.29 is 8.42 Å². The van der Waals surface area contributed by atoms with E-state index in [9.17, 15) is 8.42 Å². The molecule has 0 saturated heterocycles. The molecule has 4 nitrogen and oxygen atoms in total. The maximum atomic E-state index is 11.8. The second kappa shape index (κ2) is 6.32. The largest absolute Gasteiger partial charge is 0.228 e. The summed E-state index contributed by atoms with van der Waals surface area (Å²) in [6.07, 6.45) is 0.283. The van der Waals surface area contributed by atoms with E-state index in [1.54, 1.807) is 13.0 Å². The molecule has 0 aliphatic carbocycles. The minimum absolute atomic E-state index is 0.208. The van der Waals surface area contributed by atoms with Crippen molar-refractivity contribution in [2.24, 2.45) is 0 Å². The first-order valence-electron chi connectivity index (χ1n) is 5.53. The number of nitrogens with one attached hydrogen (secondary N) is 1. The van der Waals surface area contributed by atoms with E-state index in [0.29, 0.717) is 0 Å². The van der Waals surface area contributed by atoms with Crippen LogP contribution >= 0.6 is 15.9 Å². The molecule has 1 N–H and O–H groups in total. The first kappa shape index (κ1) is 15.2. The topological polar surface area (TPSA) is 70.0 Å². The molecule has 1 aromatic carbocycles. The molecule has 0 fully saturated rings. The van der Waals surface area contributed by atoms with Crippen LogP contribution in [-0.2, 0) is 16.6 Å². The third-order valence-electron chi connectivity index (χ3n) is 2.66. The Morgan fingerprint density at radius 3 is 2.67 bits per heavy atom. The smallest absolute Gasteiger partial charge is 0.211 e. The van der Waals surface area contributed by atoms with E-state index in [1.807, 2.05) is 25.1 Å². The Balaban J connectivity index is 2.80. The van der Waals surface area contributed by atoms with Crippen molar-refractivity contribution in [1.29, 1.82) is 5.26 Å². The fourth-order valence-corrected chi connectivity index (χ4v) is 3.13. The monoisotopic (exact) mass is 330 g/mol. The summed E-state index contributed by atoms with van der Waals surface area (Å²) in [6.45, 7) is 3.80. The Bertz CT molecular complexity index is 564. The maximum Gasteiger partial charge on any atom is 0.228 e. The third kappa shape index (κ3) is 3.80. The van der Waals surface area contributed by atoms with Crippen molar-refractivity contribution in [1.82, 2.24) is 4.72 Å². The Hall–Kier alpha value is -0.900. The van der Waals surface area contributed by atoms with Crippen LogP contribution in [0, 0.1) is 18.3 Å². The van der Waals surface area contributed by atoms with Gasteiger partial charge < -0.3 is 0 Å². The van der Waals surface area contributed by atoms with E-state index in [-0.39, 0.29) is 13.0 Å². The van der Waals surface area contributed by atoms with Gasteiger partial charge in [-0.1, -0.05) is 28.9 Å². The summed E-state index contributed by atoms with van der Waals surface area (Å²) in [6, 6.07) is 7.43. The van der Waals surface area contributed by atoms with E-state index < -0.39 is 15.3 Å². The van der Waals surface area contributed by atoms with Crippen molar-refractivity contribution in [2.75, 3.05) is 0 Å². The van der Waals surface area contributed by atoms with Gasteiger partial charge in [0, 0.05) is 11.0 Å². The number of nitrogens with zero attached hydrogens (tertiary/aromatic N) is 1. The van der Waals surface area contributed by atoms with Gasteiger partial charge in [-0.15, -0.1) is 0 Å². The predicted octanol–water partition coefficient (Wildman–Crippen LogP) is 2.48. The quantitative estimate of drug-likeness (QED) is 0.901. The van der Waals surface area contributed by atoms with Crippen molar-refractivity contribution in [3.05, 3.63) is 33.8 Å². The van der Waals surface area contributed by atoms with Gasteiger partial charge in [0.25, 0.3) is 0 Å². The van der Waals surface area contributed by atoms with Crippen LogP contribution in [0.3, 0.4) is 0 Å². The van der Waals surface area contributed by atoms with Crippen molar-refractivity contribution in [3.63, 3.8) is 0 Å². The van der Waals surface area contributed by atoms with Crippen LogP contribution in [0.2, 0.25) is 0 Å². The van der Waals surface area contributed by atoms with Crippen molar-refractivity contribution in [3.8, 4) is 6.07 Å². The Labute approximate surface area is 116 Å². The van der Waals surface area contributed by atoms with Gasteiger partial charge in [0.2, 0.25) is 10.0 Å². The molecule has 18 heavy (non-hydrogen) atoms. The molecule has 0 aliphatic heterocycles. The molecule has 0 saturated carbocycles. The predicted molar refractivity (Wildman–Crippen MR) is 74.3 cm³/mol. The Morgan fingerprint density at radius 1 is 1.50 bits per heavy atom. The molecule has 0 unspecified atom stereocenters. The van der Waals surface area contributed by atoms with Gasteiger partial charge in [0.05, 0.1) is 6.07 Å². The lowest BCUT2D eigenvalue weighted by Crippen LogP contribution is -2.32. The number of halogens is 1. The third-order valence-corrected chi connectivity index (χ3v) is 4.89. The average Bonchev–Trinajstić information content (AvgIpc) is 2.29. The zero-order valence-corrected chi connectivity index (χ0v) is 12.7. The lowest BCUT2D eigenvalue weighted by molar-refractivity contribution is 0.572. The van der Waals surface area contributed by atoms with Crippen LogP contribution in [-0.4, -0.2) is 13.7 Å². The van der Waals surface area contributed by atoms with E-state index >= 15 is 0 Å². The van der Waals surface area contributed by atoms with Gasteiger partial charge in [-0.2, -0.15) is 5.26 Å². The second-order valence-electron chi connectivity index (χ2n) is 3.96. The average molecular weight is 331 g/mol. The number of nitriles is 1. The highest BCUT2D eigenvalue weighted by atomic mass is 79.9. The van der Waals surface area contributed by atoms with E-state index in [4.69, 9.17) is 5.26 Å². The molecule has 0 aromatic heterocycles. The lowest BCUT2D eigenvalue weighted by Gasteiger charge is -2.11. The van der Waals surface area contributed by atoms with Gasteiger partial charge in [0.1, 0.15) is 0 Å². The fourth-order valence-electron chi connectivity index (χ4n) is 1.52. The van der Waals surface area contributed by atoms with E-state index in [0.717, 1.165) is 15.6 Å². The lowest BCUT2D eigenvalue weighted by atomic mass is 10.1. The number of hydrogen-bond donors (Lipinski definition) is 1. The van der Waals surface area contributed by atoms with Crippen LogP contribution in [0.15, 0.2) is 22.7 Å². The molecule has 0 heterocycles. The van der Waals surface area contributed by atoms with Crippen molar-refractivity contribution >= 4 is 26.0 Å². The minimum Gasteiger partial charge on any atom is -0.211 e. The molecule has 0 aliphatic rings. The fraction of sp³-hybridized carbons (Fsp3) is 0.417. The van der Waals surface area contributed by atoms with Gasteiger partial charge in [-0.3, -0.25) is 0 Å². The summed E-state index contributed by atoms with van der Waals surface area (Å²) in [5.41, 5.74) is 1.90. The summed E-state index contributed by atoms with van der Waals surface area (Å²) < 4.78 is 27.0. The molecule has 0 bridgehead atoms. The molecular weight excluding hydrogens is 316 g/mol. The SMILES string of the molecule is CC[C@H](C#N)S(=O)(=O)NCc1ccc(Br)cc1C. The standard InChI is InChI=1S/C12H15BrN2O2S/c1-3-12(7-14)18(16,17)15-8-10-4-5-11(13)6-9(10)2/h4-6,12,15H,3,8H2,1-2H3/t12-/m1/s1. The summed E-state index contributed by atoms with van der Waals surface area (Å²) >= 11 is 3.35. The number of benzene rings is 1. The zero-order valence-electron chi connectivity index (χ0n) is 10.3. The molecule has 0 amide bonds. The Morgan fingerprint density at radius 2 is 2.17 bits per heavy atom. The normalized spacial score (nSPS) is 13.0. The van der Waals surface area contributed by atoms with Crippen molar-refractivity contribution in [2.45, 2.75) is 32.1 Å². The molecule has 1 rings (SSSR count). The highest BCUT2D eigenvalue weighted by molar-refractivity contribution is 9.10. The van der Waals surface area contributed by atoms with E-state index in [1.165, 1.54) is 0 Å². The molecule has 0 radical (unpaired) electrons. The molecular formula is C12H15BrN2O2S. The van der Waals surface area contributed by atoms with Gasteiger partial charge >= 0.3 is 0 Å². The summed E-state index contributed by atoms with van der Waals surface area (Å²) in [5.74, 6) is 0. The Kier molecular flexibility index (Phi) is 5.32. The maximum absolute atomic E-state index is 11.8. The van der Waals surface area contributed by atoms with Crippen LogP contribution in [0.4, 0.5) is 0 Å². The van der Waals surface area contributed by atoms with Crippen LogP contribution in [0.5, 0.6) is 0 Å².